The molecule has 0 N–H and O–H groups in total. The van der Waals surface area contributed by atoms with Crippen molar-refractivity contribution in [2.24, 2.45) is 0 Å². The zero-order chi connectivity index (χ0) is 14.7. The topological polar surface area (TPSA) is 12.9 Å². The van der Waals surface area contributed by atoms with Crippen molar-refractivity contribution in [3.05, 3.63) is 78.1 Å². The fourth-order valence-corrected chi connectivity index (χ4v) is 3.25. The number of nitrogens with zero attached hydrogens (tertiary/aromatic N) is 1. The highest BCUT2D eigenvalue weighted by Crippen LogP contribution is 2.37. The number of benzene rings is 2. The molecule has 0 radical (unpaired) electrons. The molecule has 1 heterocycles. The number of rotatable bonds is 3. The van der Waals surface area contributed by atoms with Gasteiger partial charge in [-0.05, 0) is 43.2 Å². The van der Waals surface area contributed by atoms with Crippen molar-refractivity contribution in [3.8, 4) is 11.1 Å². The molecule has 21 heavy (non-hydrogen) atoms. The molecule has 104 valence electrons. The highest BCUT2D eigenvalue weighted by molar-refractivity contribution is 7.99. The molecule has 3 rings (SSSR count). The molecule has 0 aliphatic rings. The Morgan fingerprint density at radius 3 is 2.24 bits per heavy atom. The van der Waals surface area contributed by atoms with Gasteiger partial charge in [0.2, 0.25) is 0 Å². The molecule has 0 fully saturated rings. The lowest BCUT2D eigenvalue weighted by Crippen LogP contribution is -1.90. The van der Waals surface area contributed by atoms with Crippen LogP contribution in [0.2, 0.25) is 0 Å². The first-order valence-corrected chi connectivity index (χ1v) is 7.81. The summed E-state index contributed by atoms with van der Waals surface area (Å²) in [5.41, 5.74) is 4.83. The van der Waals surface area contributed by atoms with E-state index in [1.165, 1.54) is 26.5 Å². The molecule has 0 atom stereocenters. The Labute approximate surface area is 130 Å². The summed E-state index contributed by atoms with van der Waals surface area (Å²) in [4.78, 5) is 6.93. The van der Waals surface area contributed by atoms with Gasteiger partial charge in [0, 0.05) is 16.0 Å². The molecule has 0 aliphatic carbocycles. The molecule has 0 saturated carbocycles. The minimum atomic E-state index is 1.07. The monoisotopic (exact) mass is 291 g/mol. The van der Waals surface area contributed by atoms with Gasteiger partial charge in [0.1, 0.15) is 0 Å². The maximum absolute atomic E-state index is 4.46. The first-order chi connectivity index (χ1) is 10.2. The second kappa shape index (κ2) is 6.15. The molecule has 0 bridgehead atoms. The summed E-state index contributed by atoms with van der Waals surface area (Å²) >= 11 is 1.78. The van der Waals surface area contributed by atoms with E-state index in [0.29, 0.717) is 0 Å². The van der Waals surface area contributed by atoms with Crippen LogP contribution in [0, 0.1) is 13.8 Å². The normalized spacial score (nSPS) is 10.6. The molecule has 0 saturated heterocycles. The zero-order valence-electron chi connectivity index (χ0n) is 12.2. The second-order valence-corrected chi connectivity index (χ2v) is 6.14. The first kappa shape index (κ1) is 13.9. The van der Waals surface area contributed by atoms with Crippen LogP contribution in [0.3, 0.4) is 0 Å². The number of aromatic nitrogens is 1. The number of hydrogen-bond acceptors (Lipinski definition) is 2. The Bertz CT molecular complexity index is 733. The van der Waals surface area contributed by atoms with Crippen LogP contribution < -0.4 is 0 Å². The first-order valence-electron chi connectivity index (χ1n) is 6.99. The van der Waals surface area contributed by atoms with Crippen molar-refractivity contribution in [2.45, 2.75) is 23.6 Å². The fraction of sp³-hybridized carbons (Fsp3) is 0.105. The molecule has 2 heteroatoms. The van der Waals surface area contributed by atoms with Gasteiger partial charge in [-0.25, -0.2) is 0 Å². The lowest BCUT2D eigenvalue weighted by Gasteiger charge is -2.12. The van der Waals surface area contributed by atoms with Gasteiger partial charge in [-0.2, -0.15) is 0 Å². The third kappa shape index (κ3) is 3.17. The Morgan fingerprint density at radius 1 is 0.810 bits per heavy atom. The highest BCUT2D eigenvalue weighted by atomic mass is 32.2. The second-order valence-electron chi connectivity index (χ2n) is 5.05. The quantitative estimate of drug-likeness (QED) is 0.630. The van der Waals surface area contributed by atoms with Crippen LogP contribution in [-0.2, 0) is 0 Å². The van der Waals surface area contributed by atoms with Crippen LogP contribution in [-0.4, -0.2) is 4.98 Å². The smallest absolute Gasteiger partial charge is 0.0518 e. The average Bonchev–Trinajstić information content (AvgIpc) is 2.52. The van der Waals surface area contributed by atoms with Crippen LogP contribution in [0.15, 0.2) is 76.7 Å². The van der Waals surface area contributed by atoms with E-state index in [2.05, 4.69) is 73.4 Å². The third-order valence-electron chi connectivity index (χ3n) is 3.41. The minimum Gasteiger partial charge on any atom is -0.260 e. The number of aryl methyl sites for hydroxylation is 2. The standard InChI is InChI=1S/C19H17NS/c1-14-8-10-17(11-9-14)21-19-15(2)20-13-12-18(19)16-6-4-3-5-7-16/h3-13H,1-2H3. The van der Waals surface area contributed by atoms with Gasteiger partial charge >= 0.3 is 0 Å². The van der Waals surface area contributed by atoms with Crippen molar-refractivity contribution in [3.63, 3.8) is 0 Å². The van der Waals surface area contributed by atoms with Crippen LogP contribution in [0.1, 0.15) is 11.3 Å². The Morgan fingerprint density at radius 2 is 1.52 bits per heavy atom. The third-order valence-corrected chi connectivity index (χ3v) is 4.64. The predicted octanol–water partition coefficient (Wildman–Crippen LogP) is 5.52. The summed E-state index contributed by atoms with van der Waals surface area (Å²) in [5.74, 6) is 0. The van der Waals surface area contributed by atoms with Gasteiger partial charge in [0.05, 0.1) is 5.69 Å². The Hall–Kier alpha value is -2.06. The molecular formula is C19H17NS. The van der Waals surface area contributed by atoms with Crippen molar-refractivity contribution in [2.75, 3.05) is 0 Å². The van der Waals surface area contributed by atoms with Gasteiger partial charge in [0.15, 0.2) is 0 Å². The van der Waals surface area contributed by atoms with E-state index in [4.69, 9.17) is 0 Å². The number of pyridine rings is 1. The minimum absolute atomic E-state index is 1.07. The Balaban J connectivity index is 2.03. The molecule has 0 spiro atoms. The van der Waals surface area contributed by atoms with E-state index in [-0.39, 0.29) is 0 Å². The summed E-state index contributed by atoms with van der Waals surface area (Å²) in [6.45, 7) is 4.18. The van der Waals surface area contributed by atoms with Gasteiger partial charge < -0.3 is 0 Å². The highest BCUT2D eigenvalue weighted by Gasteiger charge is 2.10. The lowest BCUT2D eigenvalue weighted by molar-refractivity contribution is 1.12. The van der Waals surface area contributed by atoms with Crippen LogP contribution in [0.5, 0.6) is 0 Å². The van der Waals surface area contributed by atoms with Crippen LogP contribution in [0.25, 0.3) is 11.1 Å². The number of hydrogen-bond donors (Lipinski definition) is 0. The molecule has 1 aromatic heterocycles. The summed E-state index contributed by atoms with van der Waals surface area (Å²) < 4.78 is 0. The summed E-state index contributed by atoms with van der Waals surface area (Å²) in [5, 5.41) is 0. The zero-order valence-corrected chi connectivity index (χ0v) is 13.0. The molecule has 0 aliphatic heterocycles. The van der Waals surface area contributed by atoms with Crippen molar-refractivity contribution < 1.29 is 0 Å². The van der Waals surface area contributed by atoms with E-state index in [0.717, 1.165) is 5.69 Å². The van der Waals surface area contributed by atoms with E-state index in [1.54, 1.807) is 11.8 Å². The molecule has 0 unspecified atom stereocenters. The molecule has 1 nitrogen and oxygen atoms in total. The lowest BCUT2D eigenvalue weighted by atomic mass is 10.1. The van der Waals surface area contributed by atoms with Crippen molar-refractivity contribution in [1.82, 2.24) is 4.98 Å². The van der Waals surface area contributed by atoms with E-state index in [1.807, 2.05) is 12.3 Å². The molecule has 2 aromatic carbocycles. The molecule has 3 aromatic rings. The summed E-state index contributed by atoms with van der Waals surface area (Å²) in [6, 6.07) is 21.2. The molecule has 0 amide bonds. The van der Waals surface area contributed by atoms with Crippen molar-refractivity contribution in [1.29, 1.82) is 0 Å². The van der Waals surface area contributed by atoms with E-state index in [9.17, 15) is 0 Å². The van der Waals surface area contributed by atoms with Gasteiger partial charge in [0.25, 0.3) is 0 Å². The van der Waals surface area contributed by atoms with Gasteiger partial charge in [-0.3, -0.25) is 4.98 Å². The van der Waals surface area contributed by atoms with Crippen LogP contribution in [0.4, 0.5) is 0 Å². The summed E-state index contributed by atoms with van der Waals surface area (Å²) in [6.07, 6.45) is 1.89. The largest absolute Gasteiger partial charge is 0.260 e. The molecular weight excluding hydrogens is 274 g/mol. The predicted molar refractivity (Wildman–Crippen MR) is 89.7 cm³/mol. The van der Waals surface area contributed by atoms with Crippen molar-refractivity contribution >= 4 is 11.8 Å². The van der Waals surface area contributed by atoms with E-state index < -0.39 is 0 Å². The average molecular weight is 291 g/mol. The van der Waals surface area contributed by atoms with Crippen LogP contribution >= 0.6 is 11.8 Å². The van der Waals surface area contributed by atoms with Gasteiger partial charge in [-0.15, -0.1) is 0 Å². The summed E-state index contributed by atoms with van der Waals surface area (Å²) in [7, 11) is 0. The fourth-order valence-electron chi connectivity index (χ4n) is 2.25. The Kier molecular flexibility index (Phi) is 4.07. The SMILES string of the molecule is Cc1ccc(Sc2c(-c3ccccc3)ccnc2C)cc1. The van der Waals surface area contributed by atoms with Gasteiger partial charge in [-0.1, -0.05) is 59.8 Å². The maximum atomic E-state index is 4.46. The maximum Gasteiger partial charge on any atom is 0.0518 e. The van der Waals surface area contributed by atoms with E-state index >= 15 is 0 Å².